The monoisotopic (exact) mass is 413 g/mol. The Morgan fingerprint density at radius 1 is 1.37 bits per heavy atom. The number of hydrogen-bond donors (Lipinski definition) is 2. The molecule has 1 heterocycles. The summed E-state index contributed by atoms with van der Waals surface area (Å²) in [5.41, 5.74) is 0. The van der Waals surface area contributed by atoms with Crippen molar-refractivity contribution in [1.29, 1.82) is 0 Å². The number of carbonyl (C=O) groups excluding carboxylic acids is 1. The van der Waals surface area contributed by atoms with Crippen LogP contribution >= 0.6 is 0 Å². The number of aliphatic hydroxyl groups excluding tert-OH is 2. The van der Waals surface area contributed by atoms with Gasteiger partial charge >= 0.3 is 35.4 Å². The maximum atomic E-state index is 12.6. The molecule has 0 aromatic heterocycles. The largest absolute Gasteiger partial charge is 1.00 e. The number of aliphatic hydroxyl groups is 2. The summed E-state index contributed by atoms with van der Waals surface area (Å²) in [7, 11) is -4.53. The summed E-state index contributed by atoms with van der Waals surface area (Å²) in [6, 6.07) is 0. The number of Topliss-reactive ketones (excluding diaryl/α,β-unsaturated/α-hetero) is 1. The molecule has 150 valence electrons. The van der Waals surface area contributed by atoms with Gasteiger partial charge < -0.3 is 14.8 Å². The van der Waals surface area contributed by atoms with Crippen LogP contribution in [0.15, 0.2) is 12.2 Å². The minimum absolute atomic E-state index is 0. The molecule has 0 saturated carbocycles. The first-order valence-electron chi connectivity index (χ1n) is 9.02. The van der Waals surface area contributed by atoms with Gasteiger partial charge in [0.15, 0.2) is 0 Å². The second kappa shape index (κ2) is 13.8. The number of amidine groups is 1. The topological polar surface area (TPSA) is 121 Å². The number of rotatable bonds is 13. The standard InChI is InChI=1S/C17H30N2O6S.Na/c1-2-3-4-5-6-7-8-16(22)17-18(11-12-20)9-10-19(17)13-15(21)14-26(23,24)25;/h2-3,15,20-21H,4-14H2,1H3;/q;+1/b3-2+;. The number of nitrogens with zero attached hydrogens (tertiary/aromatic N) is 2. The van der Waals surface area contributed by atoms with Crippen molar-refractivity contribution in [3.05, 3.63) is 12.2 Å². The van der Waals surface area contributed by atoms with E-state index >= 15 is 0 Å². The van der Waals surface area contributed by atoms with Gasteiger partial charge in [-0.25, -0.2) is 8.42 Å². The number of allylic oxidation sites excluding steroid dienone is 2. The molecule has 0 radical (unpaired) electrons. The van der Waals surface area contributed by atoms with Crippen molar-refractivity contribution in [3.8, 4) is 0 Å². The summed E-state index contributed by atoms with van der Waals surface area (Å²) >= 11 is 0. The van der Waals surface area contributed by atoms with Crippen molar-refractivity contribution < 1.29 is 62.1 Å². The van der Waals surface area contributed by atoms with Gasteiger partial charge in [-0.05, 0) is 26.2 Å². The molecule has 27 heavy (non-hydrogen) atoms. The van der Waals surface area contributed by atoms with E-state index in [2.05, 4.69) is 6.08 Å². The van der Waals surface area contributed by atoms with Crippen LogP contribution in [-0.4, -0.2) is 88.9 Å². The maximum absolute atomic E-state index is 12.6. The first-order valence-corrected chi connectivity index (χ1v) is 10.6. The molecule has 0 saturated heterocycles. The molecule has 0 aromatic carbocycles. The molecular weight excluding hydrogens is 383 g/mol. The zero-order valence-electron chi connectivity index (χ0n) is 16.3. The van der Waals surface area contributed by atoms with Crippen LogP contribution in [0, 0.1) is 0 Å². The SMILES string of the molecule is C/C=C/CCCCCC(=O)C1=[N+](CC(O)CS(=O)(=O)[O-])CCN1CCO.[Na+]. The fourth-order valence-corrected chi connectivity index (χ4v) is 3.64. The Bertz CT molecular complexity index is 621. The third-order valence-electron chi connectivity index (χ3n) is 4.20. The summed E-state index contributed by atoms with van der Waals surface area (Å²) in [5.74, 6) is -0.565. The van der Waals surface area contributed by atoms with Crippen LogP contribution in [0.2, 0.25) is 0 Å². The number of hydrogen-bond acceptors (Lipinski definition) is 7. The molecule has 1 aliphatic rings. The van der Waals surface area contributed by atoms with Crippen molar-refractivity contribution in [2.45, 2.75) is 45.1 Å². The molecule has 1 atom stereocenters. The van der Waals surface area contributed by atoms with Gasteiger partial charge in [0.25, 0.3) is 0 Å². The third kappa shape index (κ3) is 10.7. The molecule has 0 aromatic rings. The number of β-amino-alcohol motifs (C(OH)–C–C–N with tert-alkyl or cyclic N) is 2. The maximum Gasteiger partial charge on any atom is 1.00 e. The number of unbranched alkanes of at least 4 members (excludes halogenated alkanes) is 3. The van der Waals surface area contributed by atoms with Crippen LogP contribution in [0.4, 0.5) is 0 Å². The van der Waals surface area contributed by atoms with Crippen molar-refractivity contribution in [2.75, 3.05) is 38.5 Å². The van der Waals surface area contributed by atoms with Gasteiger partial charge in [-0.2, -0.15) is 0 Å². The molecule has 10 heteroatoms. The van der Waals surface area contributed by atoms with E-state index in [-0.39, 0.29) is 48.5 Å². The van der Waals surface area contributed by atoms with E-state index in [4.69, 9.17) is 0 Å². The van der Waals surface area contributed by atoms with E-state index in [1.807, 2.05) is 13.0 Å². The molecule has 0 bridgehead atoms. The predicted octanol–water partition coefficient (Wildman–Crippen LogP) is -3.29. The second-order valence-corrected chi connectivity index (χ2v) is 7.90. The molecule has 0 spiro atoms. The molecule has 1 unspecified atom stereocenters. The zero-order valence-corrected chi connectivity index (χ0v) is 19.2. The average molecular weight is 413 g/mol. The van der Waals surface area contributed by atoms with Gasteiger partial charge in [0, 0.05) is 6.42 Å². The molecule has 0 aliphatic carbocycles. The van der Waals surface area contributed by atoms with Crippen LogP contribution in [0.25, 0.3) is 0 Å². The fourth-order valence-electron chi connectivity index (χ4n) is 3.07. The molecule has 0 fully saturated rings. The quantitative estimate of drug-likeness (QED) is 0.107. The van der Waals surface area contributed by atoms with E-state index in [9.17, 15) is 28.0 Å². The van der Waals surface area contributed by atoms with Crippen LogP contribution in [0.1, 0.15) is 39.0 Å². The predicted molar refractivity (Wildman–Crippen MR) is 97.1 cm³/mol. The normalized spacial score (nSPS) is 16.1. The van der Waals surface area contributed by atoms with E-state index in [1.54, 1.807) is 9.48 Å². The van der Waals surface area contributed by atoms with E-state index in [0.29, 0.717) is 31.9 Å². The van der Waals surface area contributed by atoms with Gasteiger partial charge in [0.2, 0.25) is 5.78 Å². The first-order chi connectivity index (χ1) is 12.3. The van der Waals surface area contributed by atoms with Crippen molar-refractivity contribution in [3.63, 3.8) is 0 Å². The molecule has 1 aliphatic heterocycles. The fraction of sp³-hybridized carbons (Fsp3) is 0.765. The van der Waals surface area contributed by atoms with E-state index < -0.39 is 22.0 Å². The van der Waals surface area contributed by atoms with Crippen molar-refractivity contribution in [1.82, 2.24) is 4.90 Å². The minimum atomic E-state index is -4.53. The number of carbonyl (C=O) groups is 1. The van der Waals surface area contributed by atoms with Gasteiger partial charge in [-0.3, -0.25) is 14.3 Å². The van der Waals surface area contributed by atoms with Crippen molar-refractivity contribution in [2.24, 2.45) is 0 Å². The third-order valence-corrected chi connectivity index (χ3v) is 4.99. The average Bonchev–Trinajstić information content (AvgIpc) is 2.91. The Hall–Kier alpha value is -0.290. The summed E-state index contributed by atoms with van der Waals surface area (Å²) in [5, 5.41) is 19.0. The van der Waals surface area contributed by atoms with Crippen LogP contribution in [-0.2, 0) is 14.9 Å². The summed E-state index contributed by atoms with van der Waals surface area (Å²) in [4.78, 5) is 14.4. The Balaban J connectivity index is 0.00000676. The van der Waals surface area contributed by atoms with Crippen LogP contribution in [0.5, 0.6) is 0 Å². The Morgan fingerprint density at radius 2 is 2.07 bits per heavy atom. The van der Waals surface area contributed by atoms with Gasteiger partial charge in [0.1, 0.15) is 32.3 Å². The number of ketones is 1. The van der Waals surface area contributed by atoms with Gasteiger partial charge in [-0.15, -0.1) is 0 Å². The Kier molecular flexibility index (Phi) is 13.7. The van der Waals surface area contributed by atoms with E-state index in [0.717, 1.165) is 25.7 Å². The molecule has 8 nitrogen and oxygen atoms in total. The molecular formula is C17H30N2NaO6S+. The smallest absolute Gasteiger partial charge is 0.748 e. The molecule has 0 amide bonds. The Morgan fingerprint density at radius 3 is 2.67 bits per heavy atom. The first kappa shape index (κ1) is 26.7. The summed E-state index contributed by atoms with van der Waals surface area (Å²) in [6.45, 7) is 3.03. The summed E-state index contributed by atoms with van der Waals surface area (Å²) < 4.78 is 34.0. The van der Waals surface area contributed by atoms with Crippen LogP contribution < -0.4 is 29.6 Å². The second-order valence-electron chi connectivity index (χ2n) is 6.45. The minimum Gasteiger partial charge on any atom is -0.748 e. The van der Waals surface area contributed by atoms with Crippen LogP contribution in [0.3, 0.4) is 0 Å². The molecule has 2 N–H and O–H groups in total. The zero-order chi connectivity index (χ0) is 19.6. The van der Waals surface area contributed by atoms with Gasteiger partial charge in [0.05, 0.1) is 22.5 Å². The van der Waals surface area contributed by atoms with Gasteiger partial charge in [-0.1, -0.05) is 18.6 Å². The Labute approximate surface area is 184 Å². The summed E-state index contributed by atoms with van der Waals surface area (Å²) in [6.07, 6.45) is 6.77. The molecule has 1 rings (SSSR count). The van der Waals surface area contributed by atoms with E-state index in [1.165, 1.54) is 0 Å². The van der Waals surface area contributed by atoms with Crippen molar-refractivity contribution >= 4 is 21.7 Å².